The molecule has 0 aliphatic heterocycles. The molecule has 8 nitrogen and oxygen atoms in total. The molecule has 1 unspecified atom stereocenters. The molecule has 2 N–H and O–H groups in total. The van der Waals surface area contributed by atoms with E-state index in [1.807, 2.05) is 6.92 Å². The number of aliphatic carboxylic acids is 1. The quantitative estimate of drug-likeness (QED) is 0.677. The van der Waals surface area contributed by atoms with E-state index < -0.39 is 28.0 Å². The van der Waals surface area contributed by atoms with Crippen LogP contribution in [0.3, 0.4) is 0 Å². The Kier molecular flexibility index (Phi) is 6.64. The molecular weight excluding hydrogens is 324 g/mol. The maximum atomic E-state index is 12.3. The van der Waals surface area contributed by atoms with Gasteiger partial charge in [-0.15, -0.1) is 0 Å². The van der Waals surface area contributed by atoms with E-state index in [0.717, 1.165) is 18.7 Å². The number of sulfonamides is 1. The molecule has 0 aromatic carbocycles. The van der Waals surface area contributed by atoms with Crippen molar-refractivity contribution in [2.45, 2.75) is 44.0 Å². The number of aryl methyl sites for hydroxylation is 1. The van der Waals surface area contributed by atoms with Crippen LogP contribution in [0.4, 0.5) is 0 Å². The van der Waals surface area contributed by atoms with Crippen LogP contribution in [0.15, 0.2) is 17.2 Å². The third-order valence-corrected chi connectivity index (χ3v) is 4.66. The van der Waals surface area contributed by atoms with Crippen LogP contribution in [-0.4, -0.2) is 43.6 Å². The van der Waals surface area contributed by atoms with Crippen molar-refractivity contribution in [3.63, 3.8) is 0 Å². The van der Waals surface area contributed by atoms with Gasteiger partial charge in [-0.2, -0.15) is 4.72 Å². The van der Waals surface area contributed by atoms with Crippen molar-refractivity contribution in [2.75, 3.05) is 7.11 Å². The normalized spacial score (nSPS) is 12.7. The van der Waals surface area contributed by atoms with Gasteiger partial charge in [-0.05, 0) is 19.4 Å². The minimum absolute atomic E-state index is 0.0100. The van der Waals surface area contributed by atoms with E-state index in [4.69, 9.17) is 5.11 Å². The summed E-state index contributed by atoms with van der Waals surface area (Å²) in [4.78, 5) is 26.4. The standard InChI is InChI=1S/C14H20N2O6S/c1-4-5-6-12(13(17)18)16-23(20,21)10-7-11(14(19)22-3)9(2)15-8-10/h7-8,12,16H,4-6H2,1-3H3,(H,17,18). The molecule has 0 spiro atoms. The summed E-state index contributed by atoms with van der Waals surface area (Å²) < 4.78 is 31.3. The molecule has 0 radical (unpaired) electrons. The Morgan fingerprint density at radius 1 is 1.43 bits per heavy atom. The monoisotopic (exact) mass is 344 g/mol. The van der Waals surface area contributed by atoms with Gasteiger partial charge < -0.3 is 9.84 Å². The van der Waals surface area contributed by atoms with Crippen LogP contribution >= 0.6 is 0 Å². The fourth-order valence-corrected chi connectivity index (χ4v) is 3.07. The SMILES string of the molecule is CCCCC(NS(=O)(=O)c1cnc(C)c(C(=O)OC)c1)C(=O)O. The average molecular weight is 344 g/mol. The van der Waals surface area contributed by atoms with Crippen LogP contribution in [0.25, 0.3) is 0 Å². The maximum Gasteiger partial charge on any atom is 0.339 e. The first-order valence-corrected chi connectivity index (χ1v) is 8.51. The van der Waals surface area contributed by atoms with E-state index in [0.29, 0.717) is 12.1 Å². The zero-order valence-corrected chi connectivity index (χ0v) is 14.0. The molecule has 0 saturated carbocycles. The Morgan fingerprint density at radius 3 is 2.61 bits per heavy atom. The van der Waals surface area contributed by atoms with Gasteiger partial charge in [0.2, 0.25) is 10.0 Å². The zero-order valence-electron chi connectivity index (χ0n) is 13.2. The van der Waals surface area contributed by atoms with E-state index in [2.05, 4.69) is 14.4 Å². The lowest BCUT2D eigenvalue weighted by Gasteiger charge is -2.15. The number of esters is 1. The molecule has 1 aromatic rings. The molecule has 0 fully saturated rings. The smallest absolute Gasteiger partial charge is 0.339 e. The molecule has 128 valence electrons. The predicted molar refractivity (Wildman–Crippen MR) is 81.6 cm³/mol. The largest absolute Gasteiger partial charge is 0.480 e. The minimum atomic E-state index is -4.12. The number of carbonyl (C=O) groups excluding carboxylic acids is 1. The molecule has 1 aromatic heterocycles. The van der Waals surface area contributed by atoms with E-state index in [-0.39, 0.29) is 16.9 Å². The minimum Gasteiger partial charge on any atom is -0.480 e. The molecule has 0 aliphatic rings. The molecule has 1 rings (SSSR count). The first-order valence-electron chi connectivity index (χ1n) is 7.03. The molecule has 0 bridgehead atoms. The Morgan fingerprint density at radius 2 is 2.09 bits per heavy atom. The lowest BCUT2D eigenvalue weighted by atomic mass is 10.1. The number of rotatable bonds is 8. The fraction of sp³-hybridized carbons (Fsp3) is 0.500. The lowest BCUT2D eigenvalue weighted by Crippen LogP contribution is -2.40. The first-order chi connectivity index (χ1) is 10.7. The van der Waals surface area contributed by atoms with Gasteiger partial charge in [0.05, 0.1) is 18.4 Å². The van der Waals surface area contributed by atoms with Crippen molar-refractivity contribution in [2.24, 2.45) is 0 Å². The van der Waals surface area contributed by atoms with Crippen molar-refractivity contribution >= 4 is 22.0 Å². The summed E-state index contributed by atoms with van der Waals surface area (Å²) in [5.74, 6) is -1.97. The summed E-state index contributed by atoms with van der Waals surface area (Å²) in [5.41, 5.74) is 0.326. The van der Waals surface area contributed by atoms with Gasteiger partial charge in [-0.3, -0.25) is 9.78 Å². The predicted octanol–water partition coefficient (Wildman–Crippen LogP) is 1.10. The molecule has 0 saturated heterocycles. The highest BCUT2D eigenvalue weighted by Crippen LogP contribution is 2.15. The third-order valence-electron chi connectivity index (χ3n) is 3.22. The Bertz CT molecular complexity index is 687. The van der Waals surface area contributed by atoms with E-state index >= 15 is 0 Å². The van der Waals surface area contributed by atoms with E-state index in [1.165, 1.54) is 14.0 Å². The number of methoxy groups -OCH3 is 1. The Hall–Kier alpha value is -2.00. The topological polar surface area (TPSA) is 123 Å². The molecule has 1 atom stereocenters. The van der Waals surface area contributed by atoms with Gasteiger partial charge in [0.15, 0.2) is 0 Å². The fourth-order valence-electron chi connectivity index (χ4n) is 1.87. The molecule has 23 heavy (non-hydrogen) atoms. The zero-order chi connectivity index (χ0) is 17.6. The average Bonchev–Trinajstić information content (AvgIpc) is 2.50. The molecule has 1 heterocycles. The number of hydrogen-bond donors (Lipinski definition) is 2. The van der Waals surface area contributed by atoms with Gasteiger partial charge in [0.25, 0.3) is 0 Å². The van der Waals surface area contributed by atoms with Crippen molar-refractivity contribution in [1.29, 1.82) is 0 Å². The molecule has 9 heteroatoms. The van der Waals surface area contributed by atoms with Crippen molar-refractivity contribution in [3.05, 3.63) is 23.5 Å². The number of carbonyl (C=O) groups is 2. The highest BCUT2D eigenvalue weighted by Gasteiger charge is 2.26. The van der Waals surface area contributed by atoms with Crippen LogP contribution in [0.5, 0.6) is 0 Å². The number of aromatic nitrogens is 1. The maximum absolute atomic E-state index is 12.3. The summed E-state index contributed by atoms with van der Waals surface area (Å²) in [6, 6.07) is -0.113. The van der Waals surface area contributed by atoms with Gasteiger partial charge in [0.1, 0.15) is 10.9 Å². The second kappa shape index (κ2) is 8.02. The summed E-state index contributed by atoms with van der Waals surface area (Å²) in [6.07, 6.45) is 2.56. The number of hydrogen-bond acceptors (Lipinski definition) is 6. The van der Waals surface area contributed by atoms with Gasteiger partial charge in [-0.1, -0.05) is 19.8 Å². The van der Waals surface area contributed by atoms with Crippen molar-refractivity contribution < 1.29 is 27.9 Å². The van der Waals surface area contributed by atoms with E-state index in [1.54, 1.807) is 0 Å². The molecule has 0 amide bonds. The second-order valence-electron chi connectivity index (χ2n) is 4.95. The molecule has 0 aliphatic carbocycles. The van der Waals surface area contributed by atoms with Crippen molar-refractivity contribution in [1.82, 2.24) is 9.71 Å². The second-order valence-corrected chi connectivity index (χ2v) is 6.66. The van der Waals surface area contributed by atoms with Gasteiger partial charge >= 0.3 is 11.9 Å². The number of unbranched alkanes of at least 4 members (excludes halogenated alkanes) is 1. The summed E-state index contributed by atoms with van der Waals surface area (Å²) in [7, 11) is -2.94. The third kappa shape index (κ3) is 5.00. The van der Waals surface area contributed by atoms with Gasteiger partial charge in [-0.25, -0.2) is 13.2 Å². The van der Waals surface area contributed by atoms with Crippen LogP contribution < -0.4 is 4.72 Å². The summed E-state index contributed by atoms with van der Waals surface area (Å²) in [6.45, 7) is 3.41. The number of carboxylic acid groups (broad SMARTS) is 1. The number of nitrogens with zero attached hydrogens (tertiary/aromatic N) is 1. The molecular formula is C14H20N2O6S. The van der Waals surface area contributed by atoms with Crippen LogP contribution in [0.1, 0.15) is 42.2 Å². The Labute approximate surface area is 134 Å². The van der Waals surface area contributed by atoms with Crippen LogP contribution in [0, 0.1) is 6.92 Å². The summed E-state index contributed by atoms with van der Waals surface area (Å²) in [5, 5.41) is 9.12. The highest BCUT2D eigenvalue weighted by molar-refractivity contribution is 7.89. The van der Waals surface area contributed by atoms with E-state index in [9.17, 15) is 18.0 Å². The Balaban J connectivity index is 3.12. The lowest BCUT2D eigenvalue weighted by molar-refractivity contribution is -0.139. The highest BCUT2D eigenvalue weighted by atomic mass is 32.2. The van der Waals surface area contributed by atoms with Crippen LogP contribution in [-0.2, 0) is 19.6 Å². The number of carboxylic acids is 1. The number of pyridine rings is 1. The number of ether oxygens (including phenoxy) is 1. The van der Waals surface area contributed by atoms with Gasteiger partial charge in [0, 0.05) is 6.20 Å². The number of nitrogens with one attached hydrogen (secondary N) is 1. The van der Waals surface area contributed by atoms with Crippen LogP contribution in [0.2, 0.25) is 0 Å². The summed E-state index contributed by atoms with van der Waals surface area (Å²) >= 11 is 0. The first kappa shape index (κ1) is 19.0. The van der Waals surface area contributed by atoms with Crippen molar-refractivity contribution in [3.8, 4) is 0 Å².